The van der Waals surface area contributed by atoms with E-state index >= 15 is 0 Å². The molecule has 0 saturated heterocycles. The van der Waals surface area contributed by atoms with Gasteiger partial charge in [0.1, 0.15) is 5.75 Å². The third-order valence-electron chi connectivity index (χ3n) is 4.76. The number of unbranched alkanes of at least 4 members (excludes halogenated alkanes) is 1. The molecule has 0 unspecified atom stereocenters. The van der Waals surface area contributed by atoms with E-state index in [0.717, 1.165) is 18.4 Å². The average Bonchev–Trinajstić information content (AvgIpc) is 3.17. The number of hydrogen-bond donors (Lipinski definition) is 1. The summed E-state index contributed by atoms with van der Waals surface area (Å²) in [6.45, 7) is 0. The first kappa shape index (κ1) is 21.2. The van der Waals surface area contributed by atoms with Crippen LogP contribution in [-0.4, -0.2) is 17.7 Å². The van der Waals surface area contributed by atoms with Crippen molar-refractivity contribution in [2.45, 2.75) is 38.5 Å². The molecule has 0 aliphatic heterocycles. The molecule has 5 heteroatoms. The maximum atomic E-state index is 12.1. The molecule has 30 heavy (non-hydrogen) atoms. The van der Waals surface area contributed by atoms with Crippen LogP contribution in [-0.2, 0) is 9.59 Å². The first-order valence-corrected chi connectivity index (χ1v) is 10.2. The lowest BCUT2D eigenvalue weighted by molar-refractivity contribution is -0.134. The van der Waals surface area contributed by atoms with Gasteiger partial charge in [-0.05, 0) is 67.7 Å². The summed E-state index contributed by atoms with van der Waals surface area (Å²) in [7, 11) is 0. The van der Waals surface area contributed by atoms with Gasteiger partial charge in [-0.15, -0.1) is 0 Å². The number of carbonyl (C=O) groups is 3. The number of ether oxygens (including phenoxy) is 1. The van der Waals surface area contributed by atoms with Gasteiger partial charge in [0.25, 0.3) is 5.91 Å². The summed E-state index contributed by atoms with van der Waals surface area (Å²) in [6.07, 6.45) is 9.93. The van der Waals surface area contributed by atoms with Crippen LogP contribution in [0, 0.1) is 0 Å². The number of nitrogens with one attached hydrogen (secondary N) is 1. The number of hydrogen-bond acceptors (Lipinski definition) is 4. The lowest BCUT2D eigenvalue weighted by atomic mass is 10.1. The van der Waals surface area contributed by atoms with E-state index in [0.29, 0.717) is 42.7 Å². The van der Waals surface area contributed by atoms with Crippen molar-refractivity contribution in [2.75, 3.05) is 5.32 Å². The van der Waals surface area contributed by atoms with Crippen molar-refractivity contribution in [1.29, 1.82) is 0 Å². The van der Waals surface area contributed by atoms with Crippen LogP contribution in [0.5, 0.6) is 5.75 Å². The molecule has 0 bridgehead atoms. The quantitative estimate of drug-likeness (QED) is 0.269. The maximum absolute atomic E-state index is 12.1. The molecule has 0 atom stereocenters. The number of esters is 1. The van der Waals surface area contributed by atoms with Crippen molar-refractivity contribution in [3.8, 4) is 5.75 Å². The van der Waals surface area contributed by atoms with Crippen LogP contribution in [0.25, 0.3) is 0 Å². The largest absolute Gasteiger partial charge is 0.427 e. The fraction of sp³-hybridized carbons (Fsp3) is 0.240. The second-order valence-electron chi connectivity index (χ2n) is 7.08. The standard InChI is InChI=1S/C25H25NO4/c27-23-13-8-12-19(23)9-4-1-2-7-14-24(28)30-22-17-15-21(16-18-22)26-25(29)20-10-5-3-6-11-20/h1,3-6,10-12,15-18H,2,7-9,13-14H2,(H,26,29). The van der Waals surface area contributed by atoms with Crippen molar-refractivity contribution in [1.82, 2.24) is 0 Å². The topological polar surface area (TPSA) is 72.5 Å². The average molecular weight is 403 g/mol. The number of carbonyl (C=O) groups excluding carboxylic acids is 3. The van der Waals surface area contributed by atoms with E-state index in [1.165, 1.54) is 0 Å². The first-order chi connectivity index (χ1) is 14.6. The van der Waals surface area contributed by atoms with E-state index in [1.54, 1.807) is 48.5 Å². The molecule has 5 nitrogen and oxygen atoms in total. The number of ketones is 1. The van der Waals surface area contributed by atoms with Gasteiger partial charge in [-0.25, -0.2) is 0 Å². The molecule has 0 heterocycles. The van der Waals surface area contributed by atoms with Gasteiger partial charge >= 0.3 is 5.97 Å². The van der Waals surface area contributed by atoms with Crippen molar-refractivity contribution in [2.24, 2.45) is 0 Å². The minimum atomic E-state index is -0.293. The molecule has 2 aromatic carbocycles. The predicted molar refractivity (Wildman–Crippen MR) is 116 cm³/mol. The molecule has 2 aromatic rings. The molecule has 1 N–H and O–H groups in total. The first-order valence-electron chi connectivity index (χ1n) is 10.2. The second kappa shape index (κ2) is 10.9. The Bertz CT molecular complexity index is 943. The van der Waals surface area contributed by atoms with E-state index in [2.05, 4.69) is 5.32 Å². The van der Waals surface area contributed by atoms with Gasteiger partial charge < -0.3 is 10.1 Å². The number of benzene rings is 2. The summed E-state index contributed by atoms with van der Waals surface area (Å²) in [5.41, 5.74) is 2.10. The Morgan fingerprint density at radius 1 is 1.00 bits per heavy atom. The Morgan fingerprint density at radius 2 is 1.77 bits per heavy atom. The summed E-state index contributed by atoms with van der Waals surface area (Å²) in [4.78, 5) is 35.6. The fourth-order valence-corrected chi connectivity index (χ4v) is 3.12. The maximum Gasteiger partial charge on any atom is 0.311 e. The number of Topliss-reactive ketones (excluding diaryl/α,β-unsaturated/α-hetero) is 1. The minimum Gasteiger partial charge on any atom is -0.427 e. The van der Waals surface area contributed by atoms with Gasteiger partial charge in [0.2, 0.25) is 0 Å². The Hall–Kier alpha value is -3.47. The molecule has 1 amide bonds. The van der Waals surface area contributed by atoms with E-state index in [-0.39, 0.29) is 17.7 Å². The van der Waals surface area contributed by atoms with Crippen LogP contribution in [0.3, 0.4) is 0 Å². The summed E-state index contributed by atoms with van der Waals surface area (Å²) in [6, 6.07) is 15.7. The van der Waals surface area contributed by atoms with Gasteiger partial charge in [-0.2, -0.15) is 0 Å². The van der Waals surface area contributed by atoms with Crippen LogP contribution in [0.1, 0.15) is 48.9 Å². The summed E-state index contributed by atoms with van der Waals surface area (Å²) >= 11 is 0. The predicted octanol–water partition coefficient (Wildman–Crippen LogP) is 5.25. The molecular formula is C25H25NO4. The molecule has 1 aliphatic carbocycles. The fourth-order valence-electron chi connectivity index (χ4n) is 3.12. The van der Waals surface area contributed by atoms with Crippen molar-refractivity contribution < 1.29 is 19.1 Å². The van der Waals surface area contributed by atoms with Gasteiger partial charge in [0.15, 0.2) is 5.78 Å². The van der Waals surface area contributed by atoms with Crippen LogP contribution < -0.4 is 10.1 Å². The Kier molecular flexibility index (Phi) is 7.72. The third-order valence-corrected chi connectivity index (χ3v) is 4.76. The zero-order valence-electron chi connectivity index (χ0n) is 16.8. The Morgan fingerprint density at radius 3 is 2.47 bits per heavy atom. The molecule has 0 radical (unpaired) electrons. The van der Waals surface area contributed by atoms with Crippen LogP contribution >= 0.6 is 0 Å². The van der Waals surface area contributed by atoms with Gasteiger partial charge in [-0.3, -0.25) is 14.4 Å². The monoisotopic (exact) mass is 403 g/mol. The molecule has 0 saturated carbocycles. The Balaban J connectivity index is 1.36. The van der Waals surface area contributed by atoms with Crippen molar-refractivity contribution >= 4 is 23.3 Å². The molecule has 154 valence electrons. The van der Waals surface area contributed by atoms with E-state index in [9.17, 15) is 14.4 Å². The highest BCUT2D eigenvalue weighted by Crippen LogP contribution is 2.19. The summed E-state index contributed by atoms with van der Waals surface area (Å²) < 4.78 is 5.33. The van der Waals surface area contributed by atoms with Crippen LogP contribution in [0.15, 0.2) is 78.4 Å². The van der Waals surface area contributed by atoms with Crippen LogP contribution in [0.4, 0.5) is 5.69 Å². The zero-order valence-corrected chi connectivity index (χ0v) is 16.8. The van der Waals surface area contributed by atoms with Gasteiger partial charge in [0.05, 0.1) is 0 Å². The molecular weight excluding hydrogens is 378 g/mol. The highest BCUT2D eigenvalue weighted by Gasteiger charge is 2.12. The molecule has 0 spiro atoms. The smallest absolute Gasteiger partial charge is 0.311 e. The molecule has 1 aliphatic rings. The van der Waals surface area contributed by atoms with E-state index in [4.69, 9.17) is 4.74 Å². The molecule has 0 aromatic heterocycles. The van der Waals surface area contributed by atoms with Crippen molar-refractivity contribution in [3.63, 3.8) is 0 Å². The van der Waals surface area contributed by atoms with Crippen LogP contribution in [0.2, 0.25) is 0 Å². The van der Waals surface area contributed by atoms with Gasteiger partial charge in [-0.1, -0.05) is 36.4 Å². The van der Waals surface area contributed by atoms with Gasteiger partial charge in [0, 0.05) is 24.1 Å². The lowest BCUT2D eigenvalue weighted by Gasteiger charge is -2.07. The number of anilines is 1. The van der Waals surface area contributed by atoms with E-state index in [1.807, 2.05) is 24.3 Å². The zero-order chi connectivity index (χ0) is 21.2. The SMILES string of the molecule is O=C(CCCC=CCC1=CCCC1=O)Oc1ccc(NC(=O)c2ccccc2)cc1. The molecule has 0 fully saturated rings. The lowest BCUT2D eigenvalue weighted by Crippen LogP contribution is -2.11. The highest BCUT2D eigenvalue weighted by molar-refractivity contribution is 6.04. The minimum absolute atomic E-state index is 0.193. The van der Waals surface area contributed by atoms with E-state index < -0.39 is 0 Å². The summed E-state index contributed by atoms with van der Waals surface area (Å²) in [5.74, 6) is 0.203. The normalized spacial score (nSPS) is 13.3. The van der Waals surface area contributed by atoms with Crippen molar-refractivity contribution in [3.05, 3.63) is 84.0 Å². The Labute approximate surface area is 176 Å². The number of allylic oxidation sites excluding steroid dienone is 4. The number of amides is 1. The third kappa shape index (κ3) is 6.55. The summed E-state index contributed by atoms with van der Waals surface area (Å²) in [5, 5.41) is 2.80. The highest BCUT2D eigenvalue weighted by atomic mass is 16.5. The second-order valence-corrected chi connectivity index (χ2v) is 7.08. The number of rotatable bonds is 9. The molecule has 3 rings (SSSR count).